The Hall–Kier alpha value is -1.35. The number of ether oxygens (including phenoxy) is 1. The Morgan fingerprint density at radius 1 is 1.04 bits per heavy atom. The van der Waals surface area contributed by atoms with Crippen molar-refractivity contribution in [3.63, 3.8) is 0 Å². The first-order valence-corrected chi connectivity index (χ1v) is 9.27. The van der Waals surface area contributed by atoms with E-state index in [1.807, 2.05) is 18.2 Å². The van der Waals surface area contributed by atoms with Crippen LogP contribution >= 0.6 is 0 Å². The molecule has 23 heavy (non-hydrogen) atoms. The second-order valence-corrected chi connectivity index (χ2v) is 7.59. The number of esters is 1. The number of hydrogen-bond donors (Lipinski definition) is 0. The minimum absolute atomic E-state index is 0.0437. The summed E-state index contributed by atoms with van der Waals surface area (Å²) in [4.78, 5) is 15.7. The molecule has 3 heteroatoms. The third-order valence-electron chi connectivity index (χ3n) is 6.28. The summed E-state index contributed by atoms with van der Waals surface area (Å²) in [7, 11) is 0. The molecule has 2 bridgehead atoms. The highest BCUT2D eigenvalue weighted by Gasteiger charge is 2.45. The number of carbonyl (C=O) groups excluding carboxylic acids is 1. The highest BCUT2D eigenvalue weighted by atomic mass is 16.5. The fourth-order valence-corrected chi connectivity index (χ4v) is 4.82. The summed E-state index contributed by atoms with van der Waals surface area (Å²) in [5.74, 6) is 0.627. The maximum Gasteiger partial charge on any atom is 0.316 e. The number of fused-ring (bicyclic) bond motifs is 3. The van der Waals surface area contributed by atoms with Gasteiger partial charge >= 0.3 is 5.97 Å². The zero-order chi connectivity index (χ0) is 15.7. The standard InChI is InChI=1S/C20H27NO2/c22-19(23-18-15-21-13-9-16(18)10-14-21)20(11-5-2-6-12-20)17-7-3-1-4-8-17/h1,3-4,7-8,16,18H,2,5-6,9-15H2/t18-/m0/s1. The molecule has 4 aliphatic rings. The molecule has 3 saturated heterocycles. The lowest BCUT2D eigenvalue weighted by Crippen LogP contribution is -2.53. The molecule has 0 spiro atoms. The Morgan fingerprint density at radius 2 is 1.74 bits per heavy atom. The van der Waals surface area contributed by atoms with E-state index in [9.17, 15) is 4.79 Å². The maximum atomic E-state index is 13.2. The minimum atomic E-state index is -0.397. The van der Waals surface area contributed by atoms with E-state index in [1.54, 1.807) is 0 Å². The van der Waals surface area contributed by atoms with Crippen LogP contribution in [-0.2, 0) is 14.9 Å². The summed E-state index contributed by atoms with van der Waals surface area (Å²) in [5.41, 5.74) is 0.761. The Balaban J connectivity index is 1.56. The second kappa shape index (κ2) is 6.27. The van der Waals surface area contributed by atoms with Gasteiger partial charge < -0.3 is 4.74 Å². The van der Waals surface area contributed by atoms with Crippen molar-refractivity contribution < 1.29 is 9.53 Å². The minimum Gasteiger partial charge on any atom is -0.460 e. The number of carbonyl (C=O) groups is 1. The predicted octanol–water partition coefficient (Wildman–Crippen LogP) is 3.53. The molecule has 3 aliphatic heterocycles. The molecule has 1 aliphatic carbocycles. The van der Waals surface area contributed by atoms with Crippen LogP contribution in [0.2, 0.25) is 0 Å². The van der Waals surface area contributed by atoms with E-state index in [1.165, 1.54) is 32.4 Å². The third-order valence-corrected chi connectivity index (χ3v) is 6.28. The normalized spacial score (nSPS) is 32.4. The van der Waals surface area contributed by atoms with Crippen molar-refractivity contribution >= 4 is 5.97 Å². The number of hydrogen-bond acceptors (Lipinski definition) is 3. The Labute approximate surface area is 139 Å². The van der Waals surface area contributed by atoms with Gasteiger partial charge in [-0.15, -0.1) is 0 Å². The van der Waals surface area contributed by atoms with E-state index in [0.29, 0.717) is 5.92 Å². The first-order valence-electron chi connectivity index (χ1n) is 9.27. The predicted molar refractivity (Wildman–Crippen MR) is 90.2 cm³/mol. The molecule has 0 N–H and O–H groups in total. The van der Waals surface area contributed by atoms with Crippen molar-refractivity contribution in [3.8, 4) is 0 Å². The number of rotatable bonds is 3. The van der Waals surface area contributed by atoms with Gasteiger partial charge in [0, 0.05) is 6.54 Å². The van der Waals surface area contributed by atoms with Crippen LogP contribution in [0.5, 0.6) is 0 Å². The van der Waals surface area contributed by atoms with E-state index in [4.69, 9.17) is 4.74 Å². The first kappa shape index (κ1) is 15.2. The zero-order valence-electron chi connectivity index (χ0n) is 13.9. The smallest absolute Gasteiger partial charge is 0.316 e. The molecule has 0 radical (unpaired) electrons. The van der Waals surface area contributed by atoms with Crippen molar-refractivity contribution in [2.75, 3.05) is 19.6 Å². The van der Waals surface area contributed by atoms with Crippen molar-refractivity contribution in [2.24, 2.45) is 5.92 Å². The molecular weight excluding hydrogens is 286 g/mol. The van der Waals surface area contributed by atoms with Crippen LogP contribution in [0, 0.1) is 5.92 Å². The molecule has 3 heterocycles. The van der Waals surface area contributed by atoms with Crippen LogP contribution in [0.15, 0.2) is 30.3 Å². The topological polar surface area (TPSA) is 29.5 Å². The van der Waals surface area contributed by atoms with Gasteiger partial charge in [-0.25, -0.2) is 0 Å². The fourth-order valence-electron chi connectivity index (χ4n) is 4.82. The number of piperidine rings is 3. The second-order valence-electron chi connectivity index (χ2n) is 7.59. The van der Waals surface area contributed by atoms with E-state index in [0.717, 1.165) is 37.8 Å². The van der Waals surface area contributed by atoms with E-state index < -0.39 is 5.41 Å². The molecule has 1 saturated carbocycles. The average molecular weight is 313 g/mol. The lowest BCUT2D eigenvalue weighted by Gasteiger charge is -2.45. The summed E-state index contributed by atoms with van der Waals surface area (Å²) in [5, 5.41) is 0. The van der Waals surface area contributed by atoms with Crippen molar-refractivity contribution in [3.05, 3.63) is 35.9 Å². The monoisotopic (exact) mass is 313 g/mol. The highest BCUT2D eigenvalue weighted by Crippen LogP contribution is 2.42. The Kier molecular flexibility index (Phi) is 4.14. The molecule has 4 fully saturated rings. The van der Waals surface area contributed by atoms with Crippen molar-refractivity contribution in [1.82, 2.24) is 4.90 Å². The molecule has 0 aromatic heterocycles. The van der Waals surface area contributed by atoms with Crippen LogP contribution in [0.4, 0.5) is 0 Å². The quantitative estimate of drug-likeness (QED) is 0.800. The van der Waals surface area contributed by atoms with Crippen LogP contribution in [-0.4, -0.2) is 36.6 Å². The van der Waals surface area contributed by atoms with Gasteiger partial charge in [0.25, 0.3) is 0 Å². The Bertz CT molecular complexity index is 542. The zero-order valence-corrected chi connectivity index (χ0v) is 13.9. The van der Waals surface area contributed by atoms with Crippen molar-refractivity contribution in [2.45, 2.75) is 56.5 Å². The van der Waals surface area contributed by atoms with E-state index in [-0.39, 0.29) is 12.1 Å². The molecule has 5 rings (SSSR count). The van der Waals surface area contributed by atoms with Gasteiger partial charge in [-0.1, -0.05) is 49.6 Å². The fraction of sp³-hybridized carbons (Fsp3) is 0.650. The summed E-state index contributed by atoms with van der Waals surface area (Å²) >= 11 is 0. The van der Waals surface area contributed by atoms with E-state index in [2.05, 4.69) is 17.0 Å². The number of benzene rings is 1. The largest absolute Gasteiger partial charge is 0.460 e. The first-order chi connectivity index (χ1) is 11.3. The lowest BCUT2D eigenvalue weighted by molar-refractivity contribution is -0.167. The van der Waals surface area contributed by atoms with Crippen LogP contribution in [0.25, 0.3) is 0 Å². The van der Waals surface area contributed by atoms with Gasteiger partial charge in [-0.3, -0.25) is 9.69 Å². The van der Waals surface area contributed by atoms with Gasteiger partial charge in [0.1, 0.15) is 6.10 Å². The summed E-state index contributed by atoms with van der Waals surface area (Å²) in [6.07, 6.45) is 7.88. The van der Waals surface area contributed by atoms with Gasteiger partial charge in [0.15, 0.2) is 0 Å². The van der Waals surface area contributed by atoms with Gasteiger partial charge in [0.05, 0.1) is 5.41 Å². The molecule has 1 aromatic carbocycles. The van der Waals surface area contributed by atoms with Crippen LogP contribution in [0.1, 0.15) is 50.5 Å². The Morgan fingerprint density at radius 3 is 2.35 bits per heavy atom. The van der Waals surface area contributed by atoms with E-state index >= 15 is 0 Å². The molecule has 0 unspecified atom stereocenters. The molecule has 1 atom stereocenters. The van der Waals surface area contributed by atoms with Crippen LogP contribution in [0.3, 0.4) is 0 Å². The lowest BCUT2D eigenvalue weighted by atomic mass is 9.69. The summed E-state index contributed by atoms with van der Waals surface area (Å²) < 4.78 is 6.14. The van der Waals surface area contributed by atoms with Gasteiger partial charge in [0.2, 0.25) is 0 Å². The van der Waals surface area contributed by atoms with Gasteiger partial charge in [-0.05, 0) is 50.3 Å². The third kappa shape index (κ3) is 2.80. The highest BCUT2D eigenvalue weighted by molar-refractivity contribution is 5.83. The molecule has 1 aromatic rings. The van der Waals surface area contributed by atoms with Gasteiger partial charge in [-0.2, -0.15) is 0 Å². The average Bonchev–Trinajstić information content (AvgIpc) is 2.64. The molecule has 0 amide bonds. The molecule has 3 nitrogen and oxygen atoms in total. The summed E-state index contributed by atoms with van der Waals surface area (Å²) in [6, 6.07) is 10.4. The SMILES string of the molecule is O=C(O[C@H]1CN2CCC1CC2)C1(c2ccccc2)CCCCC1. The summed E-state index contributed by atoms with van der Waals surface area (Å²) in [6.45, 7) is 3.31. The molecule has 124 valence electrons. The maximum absolute atomic E-state index is 13.2. The van der Waals surface area contributed by atoms with Crippen LogP contribution < -0.4 is 0 Å². The molecular formula is C20H27NO2. The van der Waals surface area contributed by atoms with Crippen molar-refractivity contribution in [1.29, 1.82) is 0 Å². The number of nitrogens with zero attached hydrogens (tertiary/aromatic N) is 1.